The van der Waals surface area contributed by atoms with Gasteiger partial charge in [0.25, 0.3) is 0 Å². The van der Waals surface area contributed by atoms with Crippen molar-refractivity contribution in [3.05, 3.63) is 46.3 Å². The maximum absolute atomic E-state index is 10.1. The number of hydrogen-bond donors (Lipinski definition) is 1. The Morgan fingerprint density at radius 2 is 1.77 bits per heavy atom. The van der Waals surface area contributed by atoms with Crippen molar-refractivity contribution in [2.75, 3.05) is 18.0 Å². The van der Waals surface area contributed by atoms with Crippen molar-refractivity contribution in [3.8, 4) is 11.1 Å². The van der Waals surface area contributed by atoms with E-state index in [0.717, 1.165) is 86.5 Å². The maximum Gasteiger partial charge on any atom is 0.211 e. The van der Waals surface area contributed by atoms with Gasteiger partial charge in [0, 0.05) is 36.6 Å². The van der Waals surface area contributed by atoms with Crippen LogP contribution in [0.1, 0.15) is 50.6 Å². The molecule has 0 unspecified atom stereocenters. The second-order valence-corrected chi connectivity index (χ2v) is 8.87. The van der Waals surface area contributed by atoms with Crippen LogP contribution >= 0.6 is 23.2 Å². The standard InChI is InChI=1S/C23H28Cl2N4O/c1-16-20(18-10-7-11-19(24)21(18)25)22-26-12-15-29(22)23(27-16)28-13-5-2-3-8-17(30)9-4-6-14-28/h7,10-12,15,17,30H,2-6,8-9,13-14H2,1H3/t17-/m1/s1. The van der Waals surface area contributed by atoms with Crippen LogP contribution in [0.15, 0.2) is 30.6 Å². The number of aliphatic hydroxyl groups is 1. The van der Waals surface area contributed by atoms with Crippen LogP contribution in [0.2, 0.25) is 10.0 Å². The van der Waals surface area contributed by atoms with Crippen LogP contribution in [0.5, 0.6) is 0 Å². The molecule has 0 spiro atoms. The highest BCUT2D eigenvalue weighted by atomic mass is 35.5. The molecule has 1 aliphatic heterocycles. The Balaban J connectivity index is 1.73. The average Bonchev–Trinajstić information content (AvgIpc) is 3.19. The number of aliphatic hydroxyl groups excluding tert-OH is 1. The number of hydrogen-bond acceptors (Lipinski definition) is 4. The SMILES string of the molecule is Cc1nc(N2CCCCC[C@@H](O)CCCC2)n2ccnc2c1-c1cccc(Cl)c1Cl. The molecule has 0 bridgehead atoms. The molecule has 4 rings (SSSR count). The third-order valence-corrected chi connectivity index (χ3v) is 6.71. The van der Waals surface area contributed by atoms with Gasteiger partial charge in [0.2, 0.25) is 5.95 Å². The number of aromatic nitrogens is 3. The summed E-state index contributed by atoms with van der Waals surface area (Å²) in [6, 6.07) is 5.65. The summed E-state index contributed by atoms with van der Waals surface area (Å²) in [6.45, 7) is 3.88. The van der Waals surface area contributed by atoms with Crippen LogP contribution in [-0.2, 0) is 0 Å². The number of benzene rings is 1. The summed E-state index contributed by atoms with van der Waals surface area (Å²) in [5.74, 6) is 0.918. The van der Waals surface area contributed by atoms with Gasteiger partial charge in [-0.2, -0.15) is 0 Å². The van der Waals surface area contributed by atoms with Crippen molar-refractivity contribution in [2.45, 2.75) is 58.0 Å². The van der Waals surface area contributed by atoms with Crippen LogP contribution < -0.4 is 4.90 Å². The molecule has 1 N–H and O–H groups in total. The average molecular weight is 447 g/mol. The minimum absolute atomic E-state index is 0.154. The van der Waals surface area contributed by atoms with Crippen molar-refractivity contribution >= 4 is 34.8 Å². The summed E-state index contributed by atoms with van der Waals surface area (Å²) in [4.78, 5) is 12.0. The van der Waals surface area contributed by atoms with Crippen molar-refractivity contribution in [1.29, 1.82) is 0 Å². The quantitative estimate of drug-likeness (QED) is 0.530. The van der Waals surface area contributed by atoms with Gasteiger partial charge in [-0.3, -0.25) is 4.40 Å². The predicted molar refractivity (Wildman–Crippen MR) is 124 cm³/mol. The summed E-state index contributed by atoms with van der Waals surface area (Å²) < 4.78 is 2.06. The summed E-state index contributed by atoms with van der Waals surface area (Å²) in [6.07, 6.45) is 10.8. The van der Waals surface area contributed by atoms with Crippen LogP contribution in [0.3, 0.4) is 0 Å². The van der Waals surface area contributed by atoms with E-state index in [0.29, 0.717) is 10.0 Å². The van der Waals surface area contributed by atoms with Crippen molar-refractivity contribution in [3.63, 3.8) is 0 Å². The van der Waals surface area contributed by atoms with E-state index in [1.807, 2.05) is 31.5 Å². The highest BCUT2D eigenvalue weighted by molar-refractivity contribution is 6.43. The first-order valence-electron chi connectivity index (χ1n) is 10.8. The zero-order valence-corrected chi connectivity index (χ0v) is 18.8. The Morgan fingerprint density at radius 1 is 1.03 bits per heavy atom. The highest BCUT2D eigenvalue weighted by Gasteiger charge is 2.21. The Kier molecular flexibility index (Phi) is 6.81. The van der Waals surface area contributed by atoms with E-state index >= 15 is 0 Å². The number of nitrogens with zero attached hydrogens (tertiary/aromatic N) is 4. The van der Waals surface area contributed by atoms with Crippen molar-refractivity contribution in [1.82, 2.24) is 14.4 Å². The first-order chi connectivity index (χ1) is 14.6. The number of rotatable bonds is 2. The van der Waals surface area contributed by atoms with E-state index in [1.165, 1.54) is 0 Å². The second-order valence-electron chi connectivity index (χ2n) is 8.08. The first-order valence-corrected chi connectivity index (χ1v) is 11.5. The lowest BCUT2D eigenvalue weighted by atomic mass is 10.1. The van der Waals surface area contributed by atoms with Gasteiger partial charge in [0.05, 0.1) is 21.8 Å². The Bertz CT molecular complexity index is 1020. The third kappa shape index (κ3) is 4.43. The van der Waals surface area contributed by atoms with Gasteiger partial charge in [-0.15, -0.1) is 0 Å². The monoisotopic (exact) mass is 446 g/mol. The summed E-state index contributed by atoms with van der Waals surface area (Å²) in [5.41, 5.74) is 3.49. The minimum atomic E-state index is -0.154. The van der Waals surface area contributed by atoms with Crippen molar-refractivity contribution < 1.29 is 5.11 Å². The molecule has 0 aliphatic carbocycles. The van der Waals surface area contributed by atoms with Gasteiger partial charge in [-0.1, -0.05) is 48.2 Å². The summed E-state index contributed by atoms with van der Waals surface area (Å²) in [5, 5.41) is 11.1. The number of imidazole rings is 1. The smallest absolute Gasteiger partial charge is 0.211 e. The molecule has 1 saturated heterocycles. The Labute approximate surface area is 187 Å². The van der Waals surface area contributed by atoms with E-state index in [-0.39, 0.29) is 6.10 Å². The minimum Gasteiger partial charge on any atom is -0.393 e. The van der Waals surface area contributed by atoms with E-state index < -0.39 is 0 Å². The molecule has 3 aromatic rings. The van der Waals surface area contributed by atoms with Crippen LogP contribution in [0.25, 0.3) is 16.8 Å². The fourth-order valence-corrected chi connectivity index (χ4v) is 4.70. The zero-order valence-electron chi connectivity index (χ0n) is 17.3. The number of halogens is 2. The summed E-state index contributed by atoms with van der Waals surface area (Å²) >= 11 is 12.8. The summed E-state index contributed by atoms with van der Waals surface area (Å²) in [7, 11) is 0. The van der Waals surface area contributed by atoms with Crippen LogP contribution in [-0.4, -0.2) is 38.7 Å². The first kappa shape index (κ1) is 21.4. The molecule has 1 aromatic carbocycles. The fraction of sp³-hybridized carbons (Fsp3) is 0.478. The van der Waals surface area contributed by atoms with E-state index in [4.69, 9.17) is 28.2 Å². The van der Waals surface area contributed by atoms with E-state index in [9.17, 15) is 5.11 Å². The largest absolute Gasteiger partial charge is 0.393 e. The highest BCUT2D eigenvalue weighted by Crippen LogP contribution is 2.37. The zero-order chi connectivity index (χ0) is 21.1. The lowest BCUT2D eigenvalue weighted by molar-refractivity contribution is 0.148. The molecule has 1 fully saturated rings. The van der Waals surface area contributed by atoms with Crippen LogP contribution in [0.4, 0.5) is 5.95 Å². The Hall–Kier alpha value is -1.82. The normalized spacial score (nSPS) is 19.1. The molecule has 3 heterocycles. The second kappa shape index (κ2) is 9.54. The molecule has 160 valence electrons. The van der Waals surface area contributed by atoms with Crippen molar-refractivity contribution in [2.24, 2.45) is 0 Å². The fourth-order valence-electron chi connectivity index (χ4n) is 4.30. The van der Waals surface area contributed by atoms with Gasteiger partial charge >= 0.3 is 0 Å². The molecule has 5 nitrogen and oxygen atoms in total. The molecule has 1 aliphatic rings. The van der Waals surface area contributed by atoms with Gasteiger partial charge in [-0.25, -0.2) is 9.97 Å². The molecular formula is C23H28Cl2N4O. The predicted octanol–water partition coefficient (Wildman–Crippen LogP) is 5.92. The van der Waals surface area contributed by atoms with Gasteiger partial charge < -0.3 is 10.0 Å². The number of anilines is 1. The number of aryl methyl sites for hydroxylation is 1. The molecule has 1 atom stereocenters. The lowest BCUT2D eigenvalue weighted by Gasteiger charge is -2.26. The van der Waals surface area contributed by atoms with Gasteiger partial charge in [-0.05, 0) is 45.1 Å². The molecule has 0 radical (unpaired) electrons. The lowest BCUT2D eigenvalue weighted by Crippen LogP contribution is -2.29. The van der Waals surface area contributed by atoms with Gasteiger partial charge in [0.1, 0.15) is 5.65 Å². The molecule has 7 heteroatoms. The van der Waals surface area contributed by atoms with E-state index in [2.05, 4.69) is 14.3 Å². The molecule has 0 amide bonds. The number of fused-ring (bicyclic) bond motifs is 1. The molecular weight excluding hydrogens is 419 g/mol. The maximum atomic E-state index is 10.1. The molecule has 30 heavy (non-hydrogen) atoms. The van der Waals surface area contributed by atoms with Gasteiger partial charge in [0.15, 0.2) is 0 Å². The van der Waals surface area contributed by atoms with Crippen LogP contribution in [0, 0.1) is 6.92 Å². The molecule has 2 aromatic heterocycles. The van der Waals surface area contributed by atoms with E-state index in [1.54, 1.807) is 6.07 Å². The topological polar surface area (TPSA) is 53.7 Å². The third-order valence-electron chi connectivity index (χ3n) is 5.89. The Morgan fingerprint density at radius 3 is 2.57 bits per heavy atom. The molecule has 0 saturated carbocycles.